The van der Waals surface area contributed by atoms with Crippen molar-refractivity contribution in [3.63, 3.8) is 0 Å². The molecular formula is C16H25N3O2. The lowest BCUT2D eigenvalue weighted by Gasteiger charge is -2.15. The molecule has 1 aromatic carbocycles. The zero-order chi connectivity index (χ0) is 15.8. The number of para-hydroxylation sites is 2. The van der Waals surface area contributed by atoms with Crippen molar-refractivity contribution in [2.45, 2.75) is 33.3 Å². The van der Waals surface area contributed by atoms with E-state index < -0.39 is 6.10 Å². The lowest BCUT2D eigenvalue weighted by atomic mass is 10.2. The number of ether oxygens (including phenoxy) is 1. The van der Waals surface area contributed by atoms with Crippen molar-refractivity contribution in [2.75, 3.05) is 26.0 Å². The van der Waals surface area contributed by atoms with E-state index in [0.29, 0.717) is 12.3 Å². The quantitative estimate of drug-likeness (QED) is 0.647. The summed E-state index contributed by atoms with van der Waals surface area (Å²) in [5, 5.41) is 2.87. The van der Waals surface area contributed by atoms with E-state index in [2.05, 4.69) is 10.3 Å². The number of hydrogen-bond donors (Lipinski definition) is 1. The van der Waals surface area contributed by atoms with E-state index in [0.717, 1.165) is 17.9 Å². The summed E-state index contributed by atoms with van der Waals surface area (Å²) >= 11 is 0. The van der Waals surface area contributed by atoms with Crippen LogP contribution in [-0.4, -0.2) is 43.4 Å². The Morgan fingerprint density at radius 3 is 2.67 bits per heavy atom. The number of nitrogens with zero attached hydrogens (tertiary/aromatic N) is 2. The number of nitrogens with one attached hydrogen (secondary N) is 1. The third-order valence-corrected chi connectivity index (χ3v) is 3.03. The van der Waals surface area contributed by atoms with Gasteiger partial charge in [0.1, 0.15) is 11.9 Å². The molecule has 0 aliphatic heterocycles. The predicted octanol–water partition coefficient (Wildman–Crippen LogP) is 3.05. The van der Waals surface area contributed by atoms with E-state index in [1.807, 2.05) is 57.1 Å². The molecule has 1 N–H and O–H groups in total. The van der Waals surface area contributed by atoms with Crippen LogP contribution in [0.5, 0.6) is 0 Å². The van der Waals surface area contributed by atoms with Crippen LogP contribution in [0.3, 0.4) is 0 Å². The van der Waals surface area contributed by atoms with E-state index in [1.165, 1.54) is 0 Å². The third kappa shape index (κ3) is 5.55. The van der Waals surface area contributed by atoms with Crippen LogP contribution in [0.2, 0.25) is 0 Å². The zero-order valence-electron chi connectivity index (χ0n) is 13.5. The third-order valence-electron chi connectivity index (χ3n) is 3.03. The van der Waals surface area contributed by atoms with Gasteiger partial charge in [0, 0.05) is 20.7 Å². The van der Waals surface area contributed by atoms with Gasteiger partial charge in [0.15, 0.2) is 0 Å². The Morgan fingerprint density at radius 1 is 1.38 bits per heavy atom. The molecule has 116 valence electrons. The molecule has 0 aliphatic carbocycles. The van der Waals surface area contributed by atoms with Gasteiger partial charge in [-0.05, 0) is 32.4 Å². The Hall–Kier alpha value is -1.88. The molecule has 1 rings (SSSR count). The first-order valence-corrected chi connectivity index (χ1v) is 7.19. The highest BCUT2D eigenvalue weighted by molar-refractivity contribution is 5.97. The second-order valence-corrected chi connectivity index (χ2v) is 5.07. The molecule has 5 nitrogen and oxygen atoms in total. The average Bonchev–Trinajstić information content (AvgIpc) is 2.46. The minimum absolute atomic E-state index is 0.159. The summed E-state index contributed by atoms with van der Waals surface area (Å²) in [6, 6.07) is 7.48. The Morgan fingerprint density at radius 2 is 2.05 bits per heavy atom. The molecule has 0 spiro atoms. The molecule has 0 saturated carbocycles. The van der Waals surface area contributed by atoms with Crippen LogP contribution in [0, 0.1) is 0 Å². The largest absolute Gasteiger partial charge is 0.369 e. The van der Waals surface area contributed by atoms with Crippen LogP contribution in [-0.2, 0) is 9.53 Å². The molecule has 0 bridgehead atoms. The van der Waals surface area contributed by atoms with Gasteiger partial charge in [-0.15, -0.1) is 0 Å². The van der Waals surface area contributed by atoms with Gasteiger partial charge in [-0.25, -0.2) is 4.99 Å². The number of hydrogen-bond acceptors (Lipinski definition) is 3. The van der Waals surface area contributed by atoms with E-state index in [9.17, 15) is 4.79 Å². The molecule has 1 unspecified atom stereocenters. The molecule has 5 heteroatoms. The maximum atomic E-state index is 12.1. The number of aliphatic imine (C=N–C) groups is 1. The lowest BCUT2D eigenvalue weighted by molar-refractivity contribution is -0.126. The van der Waals surface area contributed by atoms with Crippen molar-refractivity contribution in [3.05, 3.63) is 24.3 Å². The Kier molecular flexibility index (Phi) is 6.88. The fourth-order valence-corrected chi connectivity index (χ4v) is 1.56. The van der Waals surface area contributed by atoms with Gasteiger partial charge >= 0.3 is 0 Å². The number of anilines is 1. The normalized spacial score (nSPS) is 12.9. The summed E-state index contributed by atoms with van der Waals surface area (Å²) in [7, 11) is 3.86. The molecule has 0 radical (unpaired) electrons. The fourth-order valence-electron chi connectivity index (χ4n) is 1.56. The van der Waals surface area contributed by atoms with Crippen molar-refractivity contribution in [3.8, 4) is 0 Å². The van der Waals surface area contributed by atoms with Crippen molar-refractivity contribution in [2.24, 2.45) is 4.99 Å². The van der Waals surface area contributed by atoms with Crippen LogP contribution in [0.15, 0.2) is 29.3 Å². The van der Waals surface area contributed by atoms with Gasteiger partial charge in [-0.1, -0.05) is 19.1 Å². The van der Waals surface area contributed by atoms with E-state index in [4.69, 9.17) is 4.74 Å². The molecule has 0 fully saturated rings. The minimum atomic E-state index is -0.475. The second kappa shape index (κ2) is 8.42. The maximum absolute atomic E-state index is 12.1. The molecule has 0 aromatic heterocycles. The van der Waals surface area contributed by atoms with Crippen LogP contribution in [0.4, 0.5) is 11.4 Å². The number of benzene rings is 1. The molecule has 1 atom stereocenters. The first-order valence-electron chi connectivity index (χ1n) is 7.19. The van der Waals surface area contributed by atoms with Crippen molar-refractivity contribution in [1.29, 1.82) is 0 Å². The standard InChI is InChI=1S/C16H25N3O2/c1-6-11-21-12(2)16(20)18-15-10-8-7-9-14(15)17-13(3)19(4)5/h7-10,12H,6,11H2,1-5H3,(H,18,20). The highest BCUT2D eigenvalue weighted by atomic mass is 16.5. The monoisotopic (exact) mass is 291 g/mol. The predicted molar refractivity (Wildman–Crippen MR) is 87.2 cm³/mol. The van der Waals surface area contributed by atoms with Gasteiger partial charge in [0.05, 0.1) is 11.4 Å². The SMILES string of the molecule is CCCOC(C)C(=O)Nc1ccccc1N=C(C)N(C)C. The van der Waals surface area contributed by atoms with Gasteiger partial charge in [0.2, 0.25) is 0 Å². The Balaban J connectivity index is 2.84. The summed E-state index contributed by atoms with van der Waals surface area (Å²) in [5.74, 6) is 0.709. The molecule has 21 heavy (non-hydrogen) atoms. The first kappa shape index (κ1) is 17.2. The topological polar surface area (TPSA) is 53.9 Å². The molecule has 1 amide bonds. The molecule has 1 aromatic rings. The summed E-state index contributed by atoms with van der Waals surface area (Å²) in [6.45, 7) is 6.26. The summed E-state index contributed by atoms with van der Waals surface area (Å²) < 4.78 is 5.43. The van der Waals surface area contributed by atoms with Crippen LogP contribution in [0.1, 0.15) is 27.2 Å². The summed E-state index contributed by atoms with van der Waals surface area (Å²) in [4.78, 5) is 18.5. The second-order valence-electron chi connectivity index (χ2n) is 5.07. The lowest BCUT2D eigenvalue weighted by Crippen LogP contribution is -2.28. The van der Waals surface area contributed by atoms with Crippen molar-refractivity contribution < 1.29 is 9.53 Å². The highest BCUT2D eigenvalue weighted by Gasteiger charge is 2.14. The maximum Gasteiger partial charge on any atom is 0.253 e. The van der Waals surface area contributed by atoms with E-state index >= 15 is 0 Å². The molecule has 0 saturated heterocycles. The van der Waals surface area contributed by atoms with Crippen molar-refractivity contribution in [1.82, 2.24) is 4.90 Å². The number of amidine groups is 1. The average molecular weight is 291 g/mol. The highest BCUT2D eigenvalue weighted by Crippen LogP contribution is 2.25. The van der Waals surface area contributed by atoms with Crippen LogP contribution >= 0.6 is 0 Å². The smallest absolute Gasteiger partial charge is 0.253 e. The van der Waals surface area contributed by atoms with Crippen LogP contribution < -0.4 is 5.32 Å². The van der Waals surface area contributed by atoms with E-state index in [-0.39, 0.29) is 5.91 Å². The molecular weight excluding hydrogens is 266 g/mol. The number of amides is 1. The summed E-state index contributed by atoms with van der Waals surface area (Å²) in [6.07, 6.45) is 0.414. The van der Waals surface area contributed by atoms with Gasteiger partial charge in [-0.3, -0.25) is 4.79 Å². The van der Waals surface area contributed by atoms with Crippen LogP contribution in [0.25, 0.3) is 0 Å². The van der Waals surface area contributed by atoms with E-state index in [1.54, 1.807) is 6.92 Å². The number of carbonyl (C=O) groups is 1. The van der Waals surface area contributed by atoms with Gasteiger partial charge in [-0.2, -0.15) is 0 Å². The zero-order valence-corrected chi connectivity index (χ0v) is 13.5. The number of rotatable bonds is 6. The van der Waals surface area contributed by atoms with Gasteiger partial charge in [0.25, 0.3) is 5.91 Å². The summed E-state index contributed by atoms with van der Waals surface area (Å²) in [5.41, 5.74) is 1.43. The van der Waals surface area contributed by atoms with Crippen molar-refractivity contribution >= 4 is 23.1 Å². The minimum Gasteiger partial charge on any atom is -0.369 e. The molecule has 0 aliphatic rings. The van der Waals surface area contributed by atoms with Gasteiger partial charge < -0.3 is 15.0 Å². The molecule has 0 heterocycles. The number of carbonyl (C=O) groups excluding carboxylic acids is 1. The Bertz CT molecular complexity index is 498. The Labute approximate surface area is 127 Å². The first-order chi connectivity index (χ1) is 9.95. The fraction of sp³-hybridized carbons (Fsp3) is 0.500.